The van der Waals surface area contributed by atoms with Crippen LogP contribution < -0.4 is 5.32 Å². The van der Waals surface area contributed by atoms with Crippen molar-refractivity contribution in [2.24, 2.45) is 5.92 Å². The number of nitrogens with one attached hydrogen (secondary N) is 1. The normalized spacial score (nSPS) is 13.4. The molecule has 1 aliphatic rings. The topological polar surface area (TPSA) is 49.4 Å². The third kappa shape index (κ3) is 4.44. The highest BCUT2D eigenvalue weighted by atomic mass is 19.1. The average Bonchev–Trinajstić information content (AvgIpc) is 3.45. The zero-order valence-electron chi connectivity index (χ0n) is 14.2. The van der Waals surface area contributed by atoms with Gasteiger partial charge in [0.2, 0.25) is 5.91 Å². The lowest BCUT2D eigenvalue weighted by Crippen LogP contribution is -2.30. The van der Waals surface area contributed by atoms with E-state index in [0.717, 1.165) is 18.4 Å². The van der Waals surface area contributed by atoms with Gasteiger partial charge in [-0.15, -0.1) is 0 Å². The van der Waals surface area contributed by atoms with Crippen molar-refractivity contribution < 1.29 is 14.0 Å². The largest absolute Gasteiger partial charge is 0.335 e. The van der Waals surface area contributed by atoms with E-state index in [1.54, 1.807) is 41.3 Å². The summed E-state index contributed by atoms with van der Waals surface area (Å²) in [7, 11) is 0. The molecule has 0 atom stereocenters. The molecule has 0 heterocycles. The van der Waals surface area contributed by atoms with Gasteiger partial charge in [0.25, 0.3) is 5.91 Å². The summed E-state index contributed by atoms with van der Waals surface area (Å²) in [6.07, 6.45) is 1.90. The molecule has 5 heteroatoms. The minimum Gasteiger partial charge on any atom is -0.335 e. The van der Waals surface area contributed by atoms with Gasteiger partial charge in [0.05, 0.1) is 0 Å². The van der Waals surface area contributed by atoms with Crippen molar-refractivity contribution in [2.45, 2.75) is 26.3 Å². The molecule has 0 aliphatic heterocycles. The van der Waals surface area contributed by atoms with E-state index in [9.17, 15) is 14.0 Å². The number of anilines is 1. The van der Waals surface area contributed by atoms with Gasteiger partial charge in [-0.25, -0.2) is 4.39 Å². The first-order valence-corrected chi connectivity index (χ1v) is 8.51. The zero-order valence-corrected chi connectivity index (χ0v) is 14.2. The van der Waals surface area contributed by atoms with Crippen LogP contribution in [0.4, 0.5) is 10.1 Å². The molecule has 0 saturated heterocycles. The van der Waals surface area contributed by atoms with Crippen molar-refractivity contribution in [3.63, 3.8) is 0 Å². The average molecular weight is 340 g/mol. The number of hydrogen-bond acceptors (Lipinski definition) is 2. The van der Waals surface area contributed by atoms with Gasteiger partial charge in [0.1, 0.15) is 5.82 Å². The van der Waals surface area contributed by atoms with Crippen LogP contribution in [0.5, 0.6) is 0 Å². The van der Waals surface area contributed by atoms with E-state index in [2.05, 4.69) is 5.32 Å². The second-order valence-electron chi connectivity index (χ2n) is 6.29. The predicted molar refractivity (Wildman–Crippen MR) is 94.6 cm³/mol. The number of hydrogen-bond donors (Lipinski definition) is 1. The monoisotopic (exact) mass is 340 g/mol. The Balaban J connectivity index is 1.66. The van der Waals surface area contributed by atoms with Crippen LogP contribution in [-0.2, 0) is 11.3 Å². The molecule has 0 unspecified atom stereocenters. The molecule has 1 N–H and O–H groups in total. The van der Waals surface area contributed by atoms with Crippen LogP contribution in [-0.4, -0.2) is 23.3 Å². The minimum atomic E-state index is -0.309. The van der Waals surface area contributed by atoms with Gasteiger partial charge < -0.3 is 10.2 Å². The number of carbonyl (C=O) groups excluding carboxylic acids is 2. The van der Waals surface area contributed by atoms with Crippen LogP contribution in [0.1, 0.15) is 35.7 Å². The summed E-state index contributed by atoms with van der Waals surface area (Å²) in [5, 5.41) is 2.85. The predicted octanol–water partition coefficient (Wildman–Crippen LogP) is 3.84. The van der Waals surface area contributed by atoms with Crippen LogP contribution in [0.2, 0.25) is 0 Å². The quantitative estimate of drug-likeness (QED) is 0.869. The number of nitrogens with zero attached hydrogens (tertiary/aromatic N) is 1. The fourth-order valence-corrected chi connectivity index (χ4v) is 2.65. The van der Waals surface area contributed by atoms with E-state index in [4.69, 9.17) is 0 Å². The highest BCUT2D eigenvalue weighted by molar-refractivity contribution is 5.96. The van der Waals surface area contributed by atoms with Crippen LogP contribution >= 0.6 is 0 Å². The summed E-state index contributed by atoms with van der Waals surface area (Å²) >= 11 is 0. The molecule has 25 heavy (non-hydrogen) atoms. The van der Waals surface area contributed by atoms with E-state index in [-0.39, 0.29) is 23.5 Å². The number of amides is 2. The van der Waals surface area contributed by atoms with E-state index >= 15 is 0 Å². The molecule has 1 fully saturated rings. The van der Waals surface area contributed by atoms with Gasteiger partial charge in [-0.05, 0) is 61.7 Å². The molecule has 3 rings (SSSR count). The fourth-order valence-electron chi connectivity index (χ4n) is 2.65. The van der Waals surface area contributed by atoms with Crippen LogP contribution in [0.3, 0.4) is 0 Å². The number of benzene rings is 2. The summed E-state index contributed by atoms with van der Waals surface area (Å²) in [5.41, 5.74) is 1.99. The minimum absolute atomic E-state index is 0.0420. The Morgan fingerprint density at radius 1 is 1.16 bits per heavy atom. The Labute approximate surface area is 146 Å². The van der Waals surface area contributed by atoms with Crippen molar-refractivity contribution in [1.29, 1.82) is 0 Å². The maximum atomic E-state index is 13.3. The zero-order chi connectivity index (χ0) is 17.8. The van der Waals surface area contributed by atoms with E-state index in [0.29, 0.717) is 24.3 Å². The Bertz CT molecular complexity index is 770. The van der Waals surface area contributed by atoms with Crippen molar-refractivity contribution >= 4 is 17.5 Å². The van der Waals surface area contributed by atoms with Gasteiger partial charge in [-0.1, -0.05) is 12.1 Å². The number of halogens is 1. The molecule has 0 aromatic heterocycles. The van der Waals surface area contributed by atoms with Gasteiger partial charge in [0, 0.05) is 30.3 Å². The molecule has 2 amide bonds. The molecule has 1 saturated carbocycles. The first-order chi connectivity index (χ1) is 12.1. The smallest absolute Gasteiger partial charge is 0.254 e. The second-order valence-corrected chi connectivity index (χ2v) is 6.29. The molecule has 0 radical (unpaired) electrons. The Hall–Kier alpha value is -2.69. The van der Waals surface area contributed by atoms with Crippen molar-refractivity contribution in [2.75, 3.05) is 11.9 Å². The van der Waals surface area contributed by atoms with Crippen molar-refractivity contribution in [3.05, 3.63) is 65.5 Å². The van der Waals surface area contributed by atoms with Crippen molar-refractivity contribution in [3.8, 4) is 0 Å². The molecule has 130 valence electrons. The number of rotatable bonds is 6. The van der Waals surface area contributed by atoms with Crippen molar-refractivity contribution in [1.82, 2.24) is 4.90 Å². The summed E-state index contributed by atoms with van der Waals surface area (Å²) < 4.78 is 13.3. The molecule has 0 bridgehead atoms. The highest BCUT2D eigenvalue weighted by Crippen LogP contribution is 2.30. The SMILES string of the molecule is CCN(Cc1cccc(F)c1)C(=O)c1ccc(NC(=O)C2CC2)cc1. The van der Waals surface area contributed by atoms with Crippen LogP contribution in [0.25, 0.3) is 0 Å². The standard InChI is InChI=1S/C20H21FN2O2/c1-2-23(13-14-4-3-5-17(21)12-14)20(25)16-8-10-18(11-9-16)22-19(24)15-6-7-15/h3-5,8-12,15H,2,6-7,13H2,1H3,(H,22,24). The summed E-state index contributed by atoms with van der Waals surface area (Å²) in [6.45, 7) is 2.77. The first kappa shape index (κ1) is 17.1. The van der Waals surface area contributed by atoms with Crippen LogP contribution in [0, 0.1) is 11.7 Å². The van der Waals surface area contributed by atoms with Gasteiger partial charge in [-0.2, -0.15) is 0 Å². The maximum Gasteiger partial charge on any atom is 0.254 e. The van der Waals surface area contributed by atoms with Gasteiger partial charge >= 0.3 is 0 Å². The second kappa shape index (κ2) is 7.47. The molecular weight excluding hydrogens is 319 g/mol. The highest BCUT2D eigenvalue weighted by Gasteiger charge is 2.29. The number of carbonyl (C=O) groups is 2. The summed E-state index contributed by atoms with van der Waals surface area (Å²) in [5.74, 6) is -0.243. The first-order valence-electron chi connectivity index (χ1n) is 8.51. The summed E-state index contributed by atoms with van der Waals surface area (Å²) in [4.78, 5) is 26.1. The molecule has 2 aromatic rings. The summed E-state index contributed by atoms with van der Waals surface area (Å²) in [6, 6.07) is 13.2. The fraction of sp³-hybridized carbons (Fsp3) is 0.300. The third-order valence-electron chi connectivity index (χ3n) is 4.28. The lowest BCUT2D eigenvalue weighted by Gasteiger charge is -2.21. The Morgan fingerprint density at radius 3 is 2.48 bits per heavy atom. The molecule has 1 aliphatic carbocycles. The molecule has 0 spiro atoms. The molecule has 2 aromatic carbocycles. The Kier molecular flexibility index (Phi) is 5.12. The van der Waals surface area contributed by atoms with E-state index in [1.807, 2.05) is 6.92 Å². The lowest BCUT2D eigenvalue weighted by atomic mass is 10.1. The maximum absolute atomic E-state index is 13.3. The third-order valence-corrected chi connectivity index (χ3v) is 4.28. The lowest BCUT2D eigenvalue weighted by molar-refractivity contribution is -0.117. The van der Waals surface area contributed by atoms with E-state index in [1.165, 1.54) is 12.1 Å². The molecular formula is C20H21FN2O2. The van der Waals surface area contributed by atoms with Crippen LogP contribution in [0.15, 0.2) is 48.5 Å². The molecule has 4 nitrogen and oxygen atoms in total. The van der Waals surface area contributed by atoms with Gasteiger partial charge in [-0.3, -0.25) is 9.59 Å². The van der Waals surface area contributed by atoms with E-state index < -0.39 is 0 Å². The van der Waals surface area contributed by atoms with Gasteiger partial charge in [0.15, 0.2) is 0 Å². The Morgan fingerprint density at radius 2 is 1.88 bits per heavy atom.